The molecule has 0 saturated heterocycles. The topological polar surface area (TPSA) is 26.3 Å². The minimum Gasteiger partial charge on any atom is -0.496 e. The molecule has 0 spiro atoms. The first kappa shape index (κ1) is 13.1. The number of benzene rings is 1. The summed E-state index contributed by atoms with van der Waals surface area (Å²) in [6, 6.07) is 7.37. The Labute approximate surface area is 101 Å². The molecule has 2 nitrogen and oxygen atoms in total. The van der Waals surface area contributed by atoms with Crippen LogP contribution in [0.1, 0.15) is 24.2 Å². The van der Waals surface area contributed by atoms with E-state index >= 15 is 0 Å². The van der Waals surface area contributed by atoms with Crippen LogP contribution in [0, 0.1) is 5.92 Å². The summed E-state index contributed by atoms with van der Waals surface area (Å²) in [5.74, 6) is 2.97. The SMILES string of the molecule is COc1ccccc1C(=O)CSCC(C)C. The minimum absolute atomic E-state index is 0.142. The number of carbonyl (C=O) groups is 1. The van der Waals surface area contributed by atoms with Crippen LogP contribution in [0.3, 0.4) is 0 Å². The van der Waals surface area contributed by atoms with Crippen molar-refractivity contribution in [3.05, 3.63) is 29.8 Å². The molecule has 1 rings (SSSR count). The minimum atomic E-state index is 0.142. The third-order valence-corrected chi connectivity index (χ3v) is 3.46. The highest BCUT2D eigenvalue weighted by Gasteiger charge is 2.11. The van der Waals surface area contributed by atoms with Crippen LogP contribution in [0.4, 0.5) is 0 Å². The van der Waals surface area contributed by atoms with Crippen molar-refractivity contribution in [3.8, 4) is 5.75 Å². The van der Waals surface area contributed by atoms with Gasteiger partial charge in [0.2, 0.25) is 0 Å². The Morgan fingerprint density at radius 1 is 1.38 bits per heavy atom. The molecule has 0 heterocycles. The molecule has 0 saturated carbocycles. The Kier molecular flexibility index (Phi) is 5.39. The lowest BCUT2D eigenvalue weighted by molar-refractivity contribution is 0.101. The standard InChI is InChI=1S/C13H18O2S/c1-10(2)8-16-9-12(14)11-6-4-5-7-13(11)15-3/h4-7,10H,8-9H2,1-3H3. The van der Waals surface area contributed by atoms with Crippen LogP contribution in [0.15, 0.2) is 24.3 Å². The van der Waals surface area contributed by atoms with E-state index in [1.807, 2.05) is 24.3 Å². The van der Waals surface area contributed by atoms with Gasteiger partial charge in [0, 0.05) is 0 Å². The summed E-state index contributed by atoms with van der Waals surface area (Å²) in [6.45, 7) is 4.31. The Bertz CT molecular complexity index is 348. The Morgan fingerprint density at radius 2 is 2.06 bits per heavy atom. The summed E-state index contributed by atoms with van der Waals surface area (Å²) < 4.78 is 5.16. The summed E-state index contributed by atoms with van der Waals surface area (Å²) in [4.78, 5) is 11.9. The fourth-order valence-corrected chi connectivity index (χ4v) is 2.27. The molecule has 16 heavy (non-hydrogen) atoms. The van der Waals surface area contributed by atoms with Crippen LogP contribution < -0.4 is 4.74 Å². The molecule has 0 aliphatic carbocycles. The smallest absolute Gasteiger partial charge is 0.176 e. The summed E-state index contributed by atoms with van der Waals surface area (Å²) in [6.07, 6.45) is 0. The van der Waals surface area contributed by atoms with Crippen molar-refractivity contribution >= 4 is 17.5 Å². The van der Waals surface area contributed by atoms with Crippen molar-refractivity contribution in [2.75, 3.05) is 18.6 Å². The highest BCUT2D eigenvalue weighted by atomic mass is 32.2. The highest BCUT2D eigenvalue weighted by molar-refractivity contribution is 7.99. The predicted molar refractivity (Wildman–Crippen MR) is 69.5 cm³/mol. The normalized spacial score (nSPS) is 10.5. The molecule has 0 radical (unpaired) electrons. The summed E-state index contributed by atoms with van der Waals surface area (Å²) in [5, 5.41) is 0. The van der Waals surface area contributed by atoms with Gasteiger partial charge < -0.3 is 4.74 Å². The van der Waals surface area contributed by atoms with Crippen molar-refractivity contribution in [3.63, 3.8) is 0 Å². The first-order valence-corrected chi connectivity index (χ1v) is 6.54. The number of thioether (sulfide) groups is 1. The van der Waals surface area contributed by atoms with Crippen LogP contribution in [-0.2, 0) is 0 Å². The molecule has 0 aromatic heterocycles. The van der Waals surface area contributed by atoms with Gasteiger partial charge in [-0.15, -0.1) is 0 Å². The molecule has 88 valence electrons. The lowest BCUT2D eigenvalue weighted by Crippen LogP contribution is -2.06. The predicted octanol–water partition coefficient (Wildman–Crippen LogP) is 3.27. The molecule has 0 atom stereocenters. The maximum Gasteiger partial charge on any atom is 0.176 e. The van der Waals surface area contributed by atoms with E-state index in [4.69, 9.17) is 4.74 Å². The number of ketones is 1. The van der Waals surface area contributed by atoms with Crippen LogP contribution in [0.2, 0.25) is 0 Å². The van der Waals surface area contributed by atoms with Gasteiger partial charge >= 0.3 is 0 Å². The van der Waals surface area contributed by atoms with E-state index in [1.54, 1.807) is 18.9 Å². The fraction of sp³-hybridized carbons (Fsp3) is 0.462. The van der Waals surface area contributed by atoms with Gasteiger partial charge in [0.25, 0.3) is 0 Å². The lowest BCUT2D eigenvalue weighted by atomic mass is 10.1. The highest BCUT2D eigenvalue weighted by Crippen LogP contribution is 2.20. The van der Waals surface area contributed by atoms with E-state index in [-0.39, 0.29) is 5.78 Å². The van der Waals surface area contributed by atoms with Crippen molar-refractivity contribution in [1.82, 2.24) is 0 Å². The van der Waals surface area contributed by atoms with E-state index in [0.29, 0.717) is 23.0 Å². The van der Waals surface area contributed by atoms with Crippen molar-refractivity contribution in [1.29, 1.82) is 0 Å². The second kappa shape index (κ2) is 6.59. The molecular formula is C13H18O2S. The summed E-state index contributed by atoms with van der Waals surface area (Å²) in [7, 11) is 1.59. The molecule has 0 aliphatic heterocycles. The van der Waals surface area contributed by atoms with Crippen LogP contribution in [-0.4, -0.2) is 24.4 Å². The molecule has 1 aromatic carbocycles. The molecule has 0 aliphatic rings. The molecule has 0 amide bonds. The molecule has 0 fully saturated rings. The lowest BCUT2D eigenvalue weighted by Gasteiger charge is -2.07. The van der Waals surface area contributed by atoms with Gasteiger partial charge in [0.15, 0.2) is 5.78 Å². The van der Waals surface area contributed by atoms with Crippen LogP contribution in [0.25, 0.3) is 0 Å². The van der Waals surface area contributed by atoms with Crippen LogP contribution in [0.5, 0.6) is 5.75 Å². The fourth-order valence-electron chi connectivity index (χ4n) is 1.34. The number of carbonyl (C=O) groups excluding carboxylic acids is 1. The molecule has 0 bridgehead atoms. The maximum atomic E-state index is 11.9. The third-order valence-electron chi connectivity index (χ3n) is 2.09. The second-order valence-electron chi connectivity index (χ2n) is 4.03. The van der Waals surface area contributed by atoms with Crippen molar-refractivity contribution in [2.45, 2.75) is 13.8 Å². The quantitative estimate of drug-likeness (QED) is 0.711. The van der Waals surface area contributed by atoms with E-state index in [2.05, 4.69) is 13.8 Å². The van der Waals surface area contributed by atoms with Crippen molar-refractivity contribution < 1.29 is 9.53 Å². The number of ether oxygens (including phenoxy) is 1. The zero-order valence-corrected chi connectivity index (χ0v) is 10.8. The summed E-state index contributed by atoms with van der Waals surface area (Å²) >= 11 is 1.68. The number of hydrogen-bond donors (Lipinski definition) is 0. The third kappa shape index (κ3) is 3.89. The number of hydrogen-bond acceptors (Lipinski definition) is 3. The van der Waals surface area contributed by atoms with Crippen LogP contribution >= 0.6 is 11.8 Å². The molecule has 0 unspecified atom stereocenters. The van der Waals surface area contributed by atoms with Gasteiger partial charge in [-0.2, -0.15) is 11.8 Å². The average molecular weight is 238 g/mol. The van der Waals surface area contributed by atoms with Crippen molar-refractivity contribution in [2.24, 2.45) is 5.92 Å². The van der Waals surface area contributed by atoms with Gasteiger partial charge in [0.05, 0.1) is 18.4 Å². The average Bonchev–Trinajstić information content (AvgIpc) is 2.28. The van der Waals surface area contributed by atoms with E-state index in [0.717, 1.165) is 5.75 Å². The largest absolute Gasteiger partial charge is 0.496 e. The van der Waals surface area contributed by atoms with E-state index in [1.165, 1.54) is 0 Å². The first-order valence-electron chi connectivity index (χ1n) is 5.39. The number of Topliss-reactive ketones (excluding diaryl/α,β-unsaturated/α-hetero) is 1. The second-order valence-corrected chi connectivity index (χ2v) is 5.06. The number of methoxy groups -OCH3 is 1. The zero-order valence-electron chi connectivity index (χ0n) is 10.0. The van der Waals surface area contributed by atoms with Gasteiger partial charge in [-0.1, -0.05) is 26.0 Å². The monoisotopic (exact) mass is 238 g/mol. The van der Waals surface area contributed by atoms with Gasteiger partial charge in [-0.25, -0.2) is 0 Å². The van der Waals surface area contributed by atoms with Gasteiger partial charge in [0.1, 0.15) is 5.75 Å². The van der Waals surface area contributed by atoms with Gasteiger partial charge in [-0.05, 0) is 23.8 Å². The Morgan fingerprint density at radius 3 is 2.69 bits per heavy atom. The number of rotatable bonds is 6. The Balaban J connectivity index is 2.59. The van der Waals surface area contributed by atoms with Gasteiger partial charge in [-0.3, -0.25) is 4.79 Å². The molecular weight excluding hydrogens is 220 g/mol. The van der Waals surface area contributed by atoms with E-state index < -0.39 is 0 Å². The maximum absolute atomic E-state index is 11.9. The zero-order chi connectivity index (χ0) is 12.0. The molecule has 0 N–H and O–H groups in total. The number of para-hydroxylation sites is 1. The Hall–Kier alpha value is -0.960. The first-order chi connectivity index (χ1) is 7.65. The van der Waals surface area contributed by atoms with E-state index in [9.17, 15) is 4.79 Å². The molecule has 1 aromatic rings. The summed E-state index contributed by atoms with van der Waals surface area (Å²) in [5.41, 5.74) is 0.682. The molecule has 3 heteroatoms.